The summed E-state index contributed by atoms with van der Waals surface area (Å²) in [6.45, 7) is 3.24. The van der Waals surface area contributed by atoms with Gasteiger partial charge in [0.1, 0.15) is 5.82 Å². The highest BCUT2D eigenvalue weighted by Gasteiger charge is 2.18. The van der Waals surface area contributed by atoms with Crippen molar-refractivity contribution in [1.29, 1.82) is 0 Å². The summed E-state index contributed by atoms with van der Waals surface area (Å²) in [6, 6.07) is 13.4. The van der Waals surface area contributed by atoms with Gasteiger partial charge in [-0.25, -0.2) is 4.98 Å². The molecule has 2 N–H and O–H groups in total. The summed E-state index contributed by atoms with van der Waals surface area (Å²) in [5.74, 6) is 1.01. The average Bonchev–Trinajstić information content (AvgIpc) is 2.75. The van der Waals surface area contributed by atoms with E-state index in [1.165, 1.54) is 11.6 Å². The van der Waals surface area contributed by atoms with Gasteiger partial charge >= 0.3 is 0 Å². The van der Waals surface area contributed by atoms with Crippen LogP contribution in [0.25, 0.3) is 22.6 Å². The summed E-state index contributed by atoms with van der Waals surface area (Å²) in [5, 5.41) is 9.26. The first-order chi connectivity index (χ1) is 13.7. The molecule has 6 heteroatoms. The van der Waals surface area contributed by atoms with Crippen molar-refractivity contribution in [2.45, 2.75) is 19.4 Å². The average molecular weight is 376 g/mol. The van der Waals surface area contributed by atoms with Crippen molar-refractivity contribution in [1.82, 2.24) is 19.9 Å². The Hall–Kier alpha value is -2.83. The van der Waals surface area contributed by atoms with Gasteiger partial charge in [0, 0.05) is 42.7 Å². The zero-order chi connectivity index (χ0) is 19.3. The fraction of sp³-hybridized carbons (Fsp3) is 0.318. The smallest absolute Gasteiger partial charge is 0.251 e. The second-order valence-electron chi connectivity index (χ2n) is 7.32. The van der Waals surface area contributed by atoms with E-state index in [-0.39, 0.29) is 5.56 Å². The van der Waals surface area contributed by atoms with E-state index in [9.17, 15) is 9.90 Å². The minimum atomic E-state index is -0.181. The van der Waals surface area contributed by atoms with E-state index in [4.69, 9.17) is 0 Å². The third-order valence-electron chi connectivity index (χ3n) is 5.30. The van der Waals surface area contributed by atoms with Crippen LogP contribution in [0, 0.1) is 5.92 Å². The van der Waals surface area contributed by atoms with Crippen LogP contribution in [0.5, 0.6) is 0 Å². The zero-order valence-corrected chi connectivity index (χ0v) is 15.7. The molecule has 0 saturated carbocycles. The quantitative estimate of drug-likeness (QED) is 0.715. The van der Waals surface area contributed by atoms with Crippen molar-refractivity contribution < 1.29 is 5.11 Å². The Kier molecular flexibility index (Phi) is 5.60. The Morgan fingerprint density at radius 2 is 1.89 bits per heavy atom. The molecule has 0 unspecified atom stereocenters. The lowest BCUT2D eigenvalue weighted by Gasteiger charge is -2.31. The van der Waals surface area contributed by atoms with Gasteiger partial charge in [-0.2, -0.15) is 0 Å². The number of aliphatic hydroxyl groups is 1. The summed E-state index contributed by atoms with van der Waals surface area (Å²) in [6.07, 6.45) is 5.51. The Bertz CT molecular complexity index is 962. The second kappa shape index (κ2) is 8.46. The number of nitrogens with one attached hydrogen (secondary N) is 1. The number of benzene rings is 1. The molecule has 6 nitrogen and oxygen atoms in total. The van der Waals surface area contributed by atoms with E-state index >= 15 is 0 Å². The van der Waals surface area contributed by atoms with Crippen molar-refractivity contribution in [3.05, 3.63) is 70.8 Å². The summed E-state index contributed by atoms with van der Waals surface area (Å²) in [7, 11) is 0. The van der Waals surface area contributed by atoms with Crippen molar-refractivity contribution in [3.8, 4) is 22.6 Å². The Morgan fingerprint density at radius 1 is 1.11 bits per heavy atom. The van der Waals surface area contributed by atoms with Gasteiger partial charge in [-0.3, -0.25) is 14.7 Å². The zero-order valence-electron chi connectivity index (χ0n) is 15.7. The molecule has 1 aliphatic rings. The predicted molar refractivity (Wildman–Crippen MR) is 109 cm³/mol. The fourth-order valence-electron chi connectivity index (χ4n) is 3.61. The first-order valence-corrected chi connectivity index (χ1v) is 9.65. The number of pyridine rings is 1. The molecule has 1 saturated heterocycles. The molecular weight excluding hydrogens is 352 g/mol. The number of hydrogen-bond donors (Lipinski definition) is 2. The molecule has 1 aliphatic heterocycles. The Morgan fingerprint density at radius 3 is 2.57 bits per heavy atom. The monoisotopic (exact) mass is 376 g/mol. The number of aromatic nitrogens is 3. The van der Waals surface area contributed by atoms with Crippen LogP contribution in [-0.2, 0) is 6.54 Å². The normalized spacial score (nSPS) is 15.6. The lowest BCUT2D eigenvalue weighted by atomic mass is 9.97. The molecule has 0 spiro atoms. The van der Waals surface area contributed by atoms with Crippen molar-refractivity contribution in [2.75, 3.05) is 19.7 Å². The van der Waals surface area contributed by atoms with Crippen molar-refractivity contribution >= 4 is 0 Å². The molecular formula is C22H24N4O2. The molecule has 0 aliphatic carbocycles. The first kappa shape index (κ1) is 18.5. The van der Waals surface area contributed by atoms with E-state index in [1.54, 1.807) is 12.4 Å². The Labute approximate surface area is 163 Å². The van der Waals surface area contributed by atoms with Crippen LogP contribution in [-0.4, -0.2) is 44.7 Å². The van der Waals surface area contributed by atoms with E-state index in [2.05, 4.69) is 32.0 Å². The topological polar surface area (TPSA) is 82.1 Å². The number of likely N-dealkylation sites (tertiary alicyclic amines) is 1. The molecule has 1 fully saturated rings. The SMILES string of the molecule is O=c1cc(-c2cccnc2)nc(-c2ccc(CN3CCC(CO)CC3)cc2)[nH]1. The maximum absolute atomic E-state index is 12.1. The molecule has 0 amide bonds. The Balaban J connectivity index is 1.50. The van der Waals surface area contributed by atoms with Gasteiger partial charge in [0.05, 0.1) is 5.69 Å². The largest absolute Gasteiger partial charge is 0.396 e. The highest BCUT2D eigenvalue weighted by Crippen LogP contribution is 2.21. The maximum Gasteiger partial charge on any atom is 0.251 e. The standard InChI is InChI=1S/C22H24N4O2/c27-15-17-7-10-26(11-8-17)14-16-3-5-18(6-4-16)22-24-20(12-21(28)25-22)19-2-1-9-23-13-19/h1-6,9,12-13,17,27H,7-8,10-11,14-15H2,(H,24,25,28). The molecule has 3 heterocycles. The minimum Gasteiger partial charge on any atom is -0.396 e. The molecule has 4 rings (SSSR count). The van der Waals surface area contributed by atoms with Gasteiger partial charge in [-0.05, 0) is 49.5 Å². The molecule has 0 atom stereocenters. The minimum absolute atomic E-state index is 0.181. The van der Waals surface area contributed by atoms with Crippen LogP contribution in [0.1, 0.15) is 18.4 Å². The number of H-pyrrole nitrogens is 1. The molecule has 0 bridgehead atoms. The number of nitrogens with zero attached hydrogens (tertiary/aromatic N) is 3. The summed E-state index contributed by atoms with van der Waals surface area (Å²) in [4.78, 5) is 26.1. The summed E-state index contributed by atoms with van der Waals surface area (Å²) in [5.41, 5.74) is 3.36. The number of aromatic amines is 1. The fourth-order valence-corrected chi connectivity index (χ4v) is 3.61. The maximum atomic E-state index is 12.1. The number of hydrogen-bond acceptors (Lipinski definition) is 5. The van der Waals surface area contributed by atoms with E-state index in [0.29, 0.717) is 24.0 Å². The van der Waals surface area contributed by atoms with E-state index < -0.39 is 0 Å². The van der Waals surface area contributed by atoms with Crippen LogP contribution >= 0.6 is 0 Å². The molecule has 2 aromatic heterocycles. The van der Waals surface area contributed by atoms with Gasteiger partial charge in [-0.15, -0.1) is 0 Å². The van der Waals surface area contributed by atoms with Crippen molar-refractivity contribution in [2.24, 2.45) is 5.92 Å². The first-order valence-electron chi connectivity index (χ1n) is 9.65. The molecule has 0 radical (unpaired) electrons. The summed E-state index contributed by atoms with van der Waals surface area (Å²) >= 11 is 0. The molecule has 3 aromatic rings. The molecule has 144 valence electrons. The summed E-state index contributed by atoms with van der Waals surface area (Å²) < 4.78 is 0. The number of piperidine rings is 1. The van der Waals surface area contributed by atoms with Gasteiger partial charge in [0.15, 0.2) is 0 Å². The van der Waals surface area contributed by atoms with Gasteiger partial charge < -0.3 is 10.1 Å². The van der Waals surface area contributed by atoms with Gasteiger partial charge in [0.2, 0.25) is 0 Å². The lowest BCUT2D eigenvalue weighted by Crippen LogP contribution is -2.34. The van der Waals surface area contributed by atoms with Gasteiger partial charge in [0.25, 0.3) is 5.56 Å². The lowest BCUT2D eigenvalue weighted by molar-refractivity contribution is 0.127. The third-order valence-corrected chi connectivity index (χ3v) is 5.30. The van der Waals surface area contributed by atoms with Crippen LogP contribution in [0.4, 0.5) is 0 Å². The van der Waals surface area contributed by atoms with Crippen LogP contribution in [0.15, 0.2) is 59.7 Å². The third kappa shape index (κ3) is 4.35. The van der Waals surface area contributed by atoms with Crippen LogP contribution < -0.4 is 5.56 Å². The number of rotatable bonds is 5. The van der Waals surface area contributed by atoms with E-state index in [1.807, 2.05) is 24.3 Å². The molecule has 1 aromatic carbocycles. The van der Waals surface area contributed by atoms with Crippen LogP contribution in [0.2, 0.25) is 0 Å². The van der Waals surface area contributed by atoms with Gasteiger partial charge in [-0.1, -0.05) is 24.3 Å². The van der Waals surface area contributed by atoms with Crippen LogP contribution in [0.3, 0.4) is 0 Å². The van der Waals surface area contributed by atoms with E-state index in [0.717, 1.165) is 43.6 Å². The van der Waals surface area contributed by atoms with Crippen molar-refractivity contribution in [3.63, 3.8) is 0 Å². The predicted octanol–water partition coefficient (Wildman–Crippen LogP) is 2.70. The second-order valence-corrected chi connectivity index (χ2v) is 7.32. The number of aliphatic hydroxyl groups excluding tert-OH is 1. The molecule has 28 heavy (non-hydrogen) atoms. The highest BCUT2D eigenvalue weighted by molar-refractivity contribution is 5.62. The highest BCUT2D eigenvalue weighted by atomic mass is 16.3.